The quantitative estimate of drug-likeness (QED) is 0.559. The molecule has 0 spiro atoms. The van der Waals surface area contributed by atoms with Crippen molar-refractivity contribution in [2.75, 3.05) is 13.1 Å². The number of fused-ring (bicyclic) bond motifs is 1. The monoisotopic (exact) mass is 403 g/mol. The summed E-state index contributed by atoms with van der Waals surface area (Å²) < 4.78 is 3.19. The van der Waals surface area contributed by atoms with Crippen LogP contribution in [0.4, 0.5) is 0 Å². The van der Waals surface area contributed by atoms with E-state index in [1.807, 2.05) is 44.2 Å². The first-order chi connectivity index (χ1) is 14.5. The third-order valence-corrected chi connectivity index (χ3v) is 5.43. The maximum Gasteiger partial charge on any atom is 0.275 e. The molecule has 0 atom stereocenters. The van der Waals surface area contributed by atoms with E-state index in [-0.39, 0.29) is 17.4 Å². The molecule has 1 saturated heterocycles. The van der Waals surface area contributed by atoms with Crippen LogP contribution in [0.1, 0.15) is 21.9 Å². The number of amides is 1. The SMILES string of the molecule is Cc1cc(C)n(-c2ccc(=O)n(CC3CN(C(=O)c4n[nH]c5ccccc45)C3)n2)n1. The number of rotatable bonds is 4. The van der Waals surface area contributed by atoms with Crippen LogP contribution in [0.5, 0.6) is 0 Å². The van der Waals surface area contributed by atoms with Gasteiger partial charge in [0.15, 0.2) is 11.5 Å². The van der Waals surface area contributed by atoms with E-state index in [9.17, 15) is 9.59 Å². The molecule has 1 fully saturated rings. The molecule has 152 valence electrons. The molecule has 4 heterocycles. The minimum atomic E-state index is -0.164. The van der Waals surface area contributed by atoms with Crippen LogP contribution in [0.2, 0.25) is 0 Å². The lowest BCUT2D eigenvalue weighted by molar-refractivity contribution is 0.0454. The highest BCUT2D eigenvalue weighted by molar-refractivity contribution is 6.04. The average Bonchev–Trinajstić information content (AvgIpc) is 3.28. The molecule has 1 aliphatic heterocycles. The van der Waals surface area contributed by atoms with E-state index >= 15 is 0 Å². The number of para-hydroxylation sites is 1. The molecule has 9 heteroatoms. The molecule has 3 aromatic heterocycles. The van der Waals surface area contributed by atoms with Gasteiger partial charge in [0.25, 0.3) is 11.5 Å². The van der Waals surface area contributed by atoms with Crippen molar-refractivity contribution in [2.24, 2.45) is 5.92 Å². The fourth-order valence-electron chi connectivity index (χ4n) is 3.91. The van der Waals surface area contributed by atoms with Gasteiger partial charge < -0.3 is 4.90 Å². The summed E-state index contributed by atoms with van der Waals surface area (Å²) in [5.74, 6) is 0.677. The van der Waals surface area contributed by atoms with E-state index in [4.69, 9.17) is 0 Å². The van der Waals surface area contributed by atoms with Crippen LogP contribution in [0.15, 0.2) is 47.3 Å². The van der Waals surface area contributed by atoms with Crippen LogP contribution in [0, 0.1) is 19.8 Å². The van der Waals surface area contributed by atoms with Crippen molar-refractivity contribution < 1.29 is 4.79 Å². The number of aromatic nitrogens is 6. The van der Waals surface area contributed by atoms with Gasteiger partial charge in [0, 0.05) is 36.2 Å². The summed E-state index contributed by atoms with van der Waals surface area (Å²) in [6, 6.07) is 12.7. The molecule has 1 N–H and O–H groups in total. The summed E-state index contributed by atoms with van der Waals surface area (Å²) in [4.78, 5) is 26.8. The molecule has 0 aliphatic carbocycles. The van der Waals surface area contributed by atoms with E-state index in [1.54, 1.807) is 15.6 Å². The lowest BCUT2D eigenvalue weighted by Crippen LogP contribution is -2.52. The van der Waals surface area contributed by atoms with Crippen molar-refractivity contribution in [3.63, 3.8) is 0 Å². The van der Waals surface area contributed by atoms with Gasteiger partial charge in [-0.15, -0.1) is 5.10 Å². The van der Waals surface area contributed by atoms with Crippen molar-refractivity contribution in [3.8, 4) is 5.82 Å². The van der Waals surface area contributed by atoms with Crippen LogP contribution in [-0.2, 0) is 6.54 Å². The zero-order chi connectivity index (χ0) is 20.8. The highest BCUT2D eigenvalue weighted by Crippen LogP contribution is 2.23. The second-order valence-corrected chi connectivity index (χ2v) is 7.74. The number of nitrogens with zero attached hydrogens (tertiary/aromatic N) is 6. The van der Waals surface area contributed by atoms with E-state index in [1.165, 1.54) is 10.7 Å². The Morgan fingerprint density at radius 3 is 2.70 bits per heavy atom. The number of likely N-dealkylation sites (tertiary alicyclic amines) is 1. The molecule has 0 bridgehead atoms. The highest BCUT2D eigenvalue weighted by Gasteiger charge is 2.33. The predicted molar refractivity (Wildman–Crippen MR) is 111 cm³/mol. The van der Waals surface area contributed by atoms with E-state index in [2.05, 4.69) is 20.4 Å². The third kappa shape index (κ3) is 3.08. The van der Waals surface area contributed by atoms with Gasteiger partial charge in [-0.3, -0.25) is 14.7 Å². The van der Waals surface area contributed by atoms with Crippen molar-refractivity contribution in [2.45, 2.75) is 20.4 Å². The minimum Gasteiger partial charge on any atom is -0.336 e. The van der Waals surface area contributed by atoms with Gasteiger partial charge in [-0.1, -0.05) is 18.2 Å². The van der Waals surface area contributed by atoms with Gasteiger partial charge in [-0.2, -0.15) is 10.2 Å². The molecular weight excluding hydrogens is 382 g/mol. The summed E-state index contributed by atoms with van der Waals surface area (Å²) in [5, 5.41) is 16.8. The highest BCUT2D eigenvalue weighted by atomic mass is 16.2. The fraction of sp³-hybridized carbons (Fsp3) is 0.286. The standard InChI is InChI=1S/C21H21N7O2/c1-13-9-14(2)28(24-13)18-7-8-19(29)27(25-18)12-15-10-26(11-15)21(30)20-16-5-3-4-6-17(16)22-23-20/h3-9,15H,10-12H2,1-2H3,(H,22,23). The molecule has 9 nitrogen and oxygen atoms in total. The zero-order valence-electron chi connectivity index (χ0n) is 16.7. The zero-order valence-corrected chi connectivity index (χ0v) is 16.7. The first-order valence-corrected chi connectivity index (χ1v) is 9.84. The van der Waals surface area contributed by atoms with Gasteiger partial charge in [0.2, 0.25) is 0 Å². The summed E-state index contributed by atoms with van der Waals surface area (Å²) >= 11 is 0. The number of H-pyrrole nitrogens is 1. The Hall–Kier alpha value is -3.75. The van der Waals surface area contributed by atoms with Gasteiger partial charge >= 0.3 is 0 Å². The summed E-state index contributed by atoms with van der Waals surface area (Å²) in [7, 11) is 0. The lowest BCUT2D eigenvalue weighted by atomic mass is 9.99. The number of aromatic amines is 1. The Kier molecular flexibility index (Phi) is 4.23. The van der Waals surface area contributed by atoms with Gasteiger partial charge in [-0.05, 0) is 32.0 Å². The fourth-order valence-corrected chi connectivity index (χ4v) is 3.91. The van der Waals surface area contributed by atoms with Crippen LogP contribution in [-0.4, -0.2) is 53.7 Å². The first kappa shape index (κ1) is 18.3. The Bertz CT molecular complexity index is 1310. The Morgan fingerprint density at radius 2 is 1.93 bits per heavy atom. The smallest absolute Gasteiger partial charge is 0.275 e. The molecule has 0 unspecified atom stereocenters. The maximum atomic E-state index is 12.8. The normalized spacial score (nSPS) is 14.3. The third-order valence-electron chi connectivity index (χ3n) is 5.43. The van der Waals surface area contributed by atoms with E-state index < -0.39 is 0 Å². The maximum absolute atomic E-state index is 12.8. The summed E-state index contributed by atoms with van der Waals surface area (Å²) in [6.45, 7) is 5.46. The van der Waals surface area contributed by atoms with Crippen LogP contribution in [0.25, 0.3) is 16.7 Å². The lowest BCUT2D eigenvalue weighted by Gasteiger charge is -2.38. The van der Waals surface area contributed by atoms with Crippen molar-refractivity contribution in [1.29, 1.82) is 0 Å². The average molecular weight is 403 g/mol. The van der Waals surface area contributed by atoms with Crippen LogP contribution < -0.4 is 5.56 Å². The van der Waals surface area contributed by atoms with Crippen LogP contribution >= 0.6 is 0 Å². The molecule has 0 saturated carbocycles. The van der Waals surface area contributed by atoms with Gasteiger partial charge in [-0.25, -0.2) is 9.36 Å². The number of hydrogen-bond acceptors (Lipinski definition) is 5. The number of aryl methyl sites for hydroxylation is 2. The molecule has 0 radical (unpaired) electrons. The Balaban J connectivity index is 1.29. The van der Waals surface area contributed by atoms with E-state index in [0.717, 1.165) is 22.3 Å². The summed E-state index contributed by atoms with van der Waals surface area (Å²) in [6.07, 6.45) is 0. The first-order valence-electron chi connectivity index (χ1n) is 9.84. The van der Waals surface area contributed by atoms with Crippen molar-refractivity contribution >= 4 is 16.8 Å². The largest absolute Gasteiger partial charge is 0.336 e. The van der Waals surface area contributed by atoms with Gasteiger partial charge in [0.05, 0.1) is 17.8 Å². The molecular formula is C21H21N7O2. The molecule has 30 heavy (non-hydrogen) atoms. The Morgan fingerprint density at radius 1 is 1.13 bits per heavy atom. The van der Waals surface area contributed by atoms with Gasteiger partial charge in [0.1, 0.15) is 0 Å². The van der Waals surface area contributed by atoms with Crippen molar-refractivity contribution in [3.05, 3.63) is 69.9 Å². The van der Waals surface area contributed by atoms with E-state index in [0.29, 0.717) is 31.1 Å². The second-order valence-electron chi connectivity index (χ2n) is 7.74. The van der Waals surface area contributed by atoms with Crippen LogP contribution in [0.3, 0.4) is 0 Å². The number of nitrogens with one attached hydrogen (secondary N) is 1. The number of benzene rings is 1. The number of hydrogen-bond donors (Lipinski definition) is 1. The number of carbonyl (C=O) groups is 1. The molecule has 1 amide bonds. The molecule has 1 aliphatic rings. The molecule has 5 rings (SSSR count). The summed E-state index contributed by atoms with van der Waals surface area (Å²) in [5.41, 5.74) is 2.96. The minimum absolute atomic E-state index is 0.0969. The molecule has 4 aromatic rings. The molecule has 1 aromatic carbocycles. The number of carbonyl (C=O) groups excluding carboxylic acids is 1. The second kappa shape index (κ2) is 6.94. The predicted octanol–water partition coefficient (Wildman–Crippen LogP) is 1.69. The Labute approximate surface area is 171 Å². The van der Waals surface area contributed by atoms with Crippen molar-refractivity contribution in [1.82, 2.24) is 34.7 Å². The topological polar surface area (TPSA) is 102 Å².